The van der Waals surface area contributed by atoms with E-state index in [0.29, 0.717) is 5.56 Å². The second-order valence-corrected chi connectivity index (χ2v) is 5.61. The average molecular weight is 298 g/mol. The molecule has 1 fully saturated rings. The first kappa shape index (κ1) is 14.0. The predicted octanol–water partition coefficient (Wildman–Crippen LogP) is 2.94. The zero-order valence-corrected chi connectivity index (χ0v) is 12.7. The summed E-state index contributed by atoms with van der Waals surface area (Å²) in [5.41, 5.74) is 1.91. The molecule has 1 heterocycles. The second kappa shape index (κ2) is 6.22. The summed E-state index contributed by atoms with van der Waals surface area (Å²) in [6.07, 6.45) is 0. The standard InChI is InChI=1S/C17H18N2OS/c20-17(15-8-4-5-9-16(15)21)19-12-10-18(11-13-19)14-6-2-1-3-7-14/h1-9,21H,10-13H2. The highest BCUT2D eigenvalue weighted by Crippen LogP contribution is 2.19. The van der Waals surface area contributed by atoms with E-state index in [1.54, 1.807) is 0 Å². The summed E-state index contributed by atoms with van der Waals surface area (Å²) in [7, 11) is 0. The van der Waals surface area contributed by atoms with E-state index in [1.165, 1.54) is 5.69 Å². The van der Waals surface area contributed by atoms with Crippen molar-refractivity contribution in [2.24, 2.45) is 0 Å². The Balaban J connectivity index is 1.66. The molecular weight excluding hydrogens is 280 g/mol. The quantitative estimate of drug-likeness (QED) is 0.862. The van der Waals surface area contributed by atoms with Crippen molar-refractivity contribution in [3.8, 4) is 0 Å². The Morgan fingerprint density at radius 3 is 2.14 bits per heavy atom. The number of amides is 1. The van der Waals surface area contributed by atoms with Crippen LogP contribution in [0.4, 0.5) is 5.69 Å². The lowest BCUT2D eigenvalue weighted by molar-refractivity contribution is 0.0743. The van der Waals surface area contributed by atoms with Crippen molar-refractivity contribution in [1.82, 2.24) is 4.90 Å². The van der Waals surface area contributed by atoms with Gasteiger partial charge in [-0.05, 0) is 24.3 Å². The van der Waals surface area contributed by atoms with Crippen LogP contribution in [0.2, 0.25) is 0 Å². The fourth-order valence-electron chi connectivity index (χ4n) is 2.63. The summed E-state index contributed by atoms with van der Waals surface area (Å²) in [6.45, 7) is 3.22. The number of piperazine rings is 1. The minimum absolute atomic E-state index is 0.0771. The van der Waals surface area contributed by atoms with Gasteiger partial charge in [0.1, 0.15) is 0 Å². The Bertz CT molecular complexity index is 622. The summed E-state index contributed by atoms with van der Waals surface area (Å²) >= 11 is 4.37. The number of carbonyl (C=O) groups is 1. The van der Waals surface area contributed by atoms with E-state index in [9.17, 15) is 4.79 Å². The number of rotatable bonds is 2. The molecule has 1 amide bonds. The molecule has 0 aliphatic carbocycles. The van der Waals surface area contributed by atoms with Gasteiger partial charge < -0.3 is 9.80 Å². The van der Waals surface area contributed by atoms with Gasteiger partial charge in [-0.1, -0.05) is 30.3 Å². The molecule has 0 N–H and O–H groups in total. The van der Waals surface area contributed by atoms with Crippen molar-refractivity contribution in [3.05, 3.63) is 60.2 Å². The van der Waals surface area contributed by atoms with E-state index in [1.807, 2.05) is 47.4 Å². The molecule has 4 heteroatoms. The van der Waals surface area contributed by atoms with Gasteiger partial charge in [0.05, 0.1) is 5.56 Å². The van der Waals surface area contributed by atoms with Crippen molar-refractivity contribution < 1.29 is 4.79 Å². The van der Waals surface area contributed by atoms with E-state index in [0.717, 1.165) is 31.1 Å². The molecule has 2 aromatic carbocycles. The number of nitrogens with zero attached hydrogens (tertiary/aromatic N) is 2. The number of hydrogen-bond donors (Lipinski definition) is 1. The van der Waals surface area contributed by atoms with Gasteiger partial charge in [0, 0.05) is 36.8 Å². The van der Waals surface area contributed by atoms with E-state index < -0.39 is 0 Å². The van der Waals surface area contributed by atoms with Crippen LogP contribution in [0.15, 0.2) is 59.5 Å². The number of para-hydroxylation sites is 1. The maximum absolute atomic E-state index is 12.5. The van der Waals surface area contributed by atoms with E-state index in [2.05, 4.69) is 29.7 Å². The number of carbonyl (C=O) groups excluding carboxylic acids is 1. The highest BCUT2D eigenvalue weighted by atomic mass is 32.1. The van der Waals surface area contributed by atoms with Crippen LogP contribution in [0.25, 0.3) is 0 Å². The maximum atomic E-state index is 12.5. The van der Waals surface area contributed by atoms with Crippen LogP contribution in [0.1, 0.15) is 10.4 Å². The first-order chi connectivity index (χ1) is 10.3. The Labute approximate surface area is 130 Å². The van der Waals surface area contributed by atoms with Crippen LogP contribution >= 0.6 is 12.6 Å². The molecule has 0 atom stereocenters. The molecule has 2 aromatic rings. The molecule has 1 aliphatic rings. The van der Waals surface area contributed by atoms with Gasteiger partial charge >= 0.3 is 0 Å². The van der Waals surface area contributed by atoms with E-state index in [-0.39, 0.29) is 5.91 Å². The Morgan fingerprint density at radius 2 is 1.48 bits per heavy atom. The van der Waals surface area contributed by atoms with E-state index in [4.69, 9.17) is 0 Å². The molecule has 0 spiro atoms. The van der Waals surface area contributed by atoms with Crippen molar-refractivity contribution in [1.29, 1.82) is 0 Å². The number of anilines is 1. The molecule has 108 valence electrons. The molecule has 0 aromatic heterocycles. The highest BCUT2D eigenvalue weighted by Gasteiger charge is 2.23. The van der Waals surface area contributed by atoms with Gasteiger partial charge in [0.15, 0.2) is 0 Å². The van der Waals surface area contributed by atoms with Crippen molar-refractivity contribution >= 4 is 24.2 Å². The monoisotopic (exact) mass is 298 g/mol. The van der Waals surface area contributed by atoms with Crippen molar-refractivity contribution in [3.63, 3.8) is 0 Å². The number of benzene rings is 2. The molecule has 0 bridgehead atoms. The van der Waals surface area contributed by atoms with Crippen LogP contribution in [-0.4, -0.2) is 37.0 Å². The van der Waals surface area contributed by atoms with Crippen LogP contribution < -0.4 is 4.90 Å². The zero-order chi connectivity index (χ0) is 14.7. The molecule has 3 nitrogen and oxygen atoms in total. The first-order valence-corrected chi connectivity index (χ1v) is 7.58. The minimum atomic E-state index is 0.0771. The minimum Gasteiger partial charge on any atom is -0.368 e. The average Bonchev–Trinajstić information content (AvgIpc) is 2.56. The van der Waals surface area contributed by atoms with Crippen LogP contribution in [0.5, 0.6) is 0 Å². The van der Waals surface area contributed by atoms with E-state index >= 15 is 0 Å². The van der Waals surface area contributed by atoms with Crippen molar-refractivity contribution in [2.45, 2.75) is 4.90 Å². The van der Waals surface area contributed by atoms with Crippen LogP contribution in [0, 0.1) is 0 Å². The fraction of sp³-hybridized carbons (Fsp3) is 0.235. The second-order valence-electron chi connectivity index (χ2n) is 5.13. The fourth-order valence-corrected chi connectivity index (χ4v) is 2.89. The Hall–Kier alpha value is -1.94. The lowest BCUT2D eigenvalue weighted by atomic mass is 10.1. The predicted molar refractivity (Wildman–Crippen MR) is 88.3 cm³/mol. The van der Waals surface area contributed by atoms with Gasteiger partial charge in [-0.2, -0.15) is 0 Å². The van der Waals surface area contributed by atoms with Gasteiger partial charge in [-0.3, -0.25) is 4.79 Å². The topological polar surface area (TPSA) is 23.6 Å². The maximum Gasteiger partial charge on any atom is 0.255 e. The van der Waals surface area contributed by atoms with Gasteiger partial charge in [0.2, 0.25) is 0 Å². The summed E-state index contributed by atoms with van der Waals surface area (Å²) in [4.78, 5) is 17.5. The highest BCUT2D eigenvalue weighted by molar-refractivity contribution is 7.80. The molecule has 1 saturated heterocycles. The largest absolute Gasteiger partial charge is 0.368 e. The lowest BCUT2D eigenvalue weighted by Crippen LogP contribution is -2.48. The molecule has 3 rings (SSSR count). The molecule has 1 aliphatic heterocycles. The van der Waals surface area contributed by atoms with Gasteiger partial charge in [-0.25, -0.2) is 0 Å². The lowest BCUT2D eigenvalue weighted by Gasteiger charge is -2.36. The van der Waals surface area contributed by atoms with Crippen LogP contribution in [-0.2, 0) is 0 Å². The molecule has 21 heavy (non-hydrogen) atoms. The Morgan fingerprint density at radius 1 is 0.857 bits per heavy atom. The molecule has 0 unspecified atom stereocenters. The summed E-state index contributed by atoms with van der Waals surface area (Å²) in [5, 5.41) is 0. The third-order valence-corrected chi connectivity index (χ3v) is 4.21. The Kier molecular flexibility index (Phi) is 4.15. The summed E-state index contributed by atoms with van der Waals surface area (Å²) < 4.78 is 0. The smallest absolute Gasteiger partial charge is 0.255 e. The molecule has 0 radical (unpaired) electrons. The third-order valence-electron chi connectivity index (χ3n) is 3.82. The van der Waals surface area contributed by atoms with Gasteiger partial charge in [0.25, 0.3) is 5.91 Å². The van der Waals surface area contributed by atoms with Gasteiger partial charge in [-0.15, -0.1) is 12.6 Å². The number of thiol groups is 1. The van der Waals surface area contributed by atoms with Crippen LogP contribution in [0.3, 0.4) is 0 Å². The third kappa shape index (κ3) is 3.05. The zero-order valence-electron chi connectivity index (χ0n) is 11.8. The summed E-state index contributed by atoms with van der Waals surface area (Å²) in [6, 6.07) is 17.8. The van der Waals surface area contributed by atoms with Crippen molar-refractivity contribution in [2.75, 3.05) is 31.1 Å². The normalized spacial score (nSPS) is 15.1. The molecular formula is C17H18N2OS. The first-order valence-electron chi connectivity index (χ1n) is 7.13. The molecule has 0 saturated carbocycles. The SMILES string of the molecule is O=C(c1ccccc1S)N1CCN(c2ccccc2)CC1. The number of hydrogen-bond acceptors (Lipinski definition) is 3. The summed E-state index contributed by atoms with van der Waals surface area (Å²) in [5.74, 6) is 0.0771.